The van der Waals surface area contributed by atoms with Gasteiger partial charge in [0.2, 0.25) is 0 Å². The van der Waals surface area contributed by atoms with E-state index in [0.29, 0.717) is 0 Å². The largest absolute Gasteiger partial charge is 0.462 e. The molecule has 19 heavy (non-hydrogen) atoms. The van der Waals surface area contributed by atoms with Gasteiger partial charge in [-0.3, -0.25) is 9.78 Å². The van der Waals surface area contributed by atoms with Gasteiger partial charge in [0.15, 0.2) is 0 Å². The van der Waals surface area contributed by atoms with Gasteiger partial charge in [0, 0.05) is 12.6 Å². The molecule has 0 saturated carbocycles. The number of hydrogen-bond donors (Lipinski definition) is 0. The number of carbonyl (C=O) groups excluding carboxylic acids is 1. The van der Waals surface area contributed by atoms with Crippen molar-refractivity contribution in [1.29, 1.82) is 0 Å². The van der Waals surface area contributed by atoms with Gasteiger partial charge < -0.3 is 4.74 Å². The molecule has 1 aromatic carbocycles. The van der Waals surface area contributed by atoms with Crippen molar-refractivity contribution in [2.45, 2.75) is 25.9 Å². The molecule has 0 aliphatic rings. The lowest BCUT2D eigenvalue weighted by Gasteiger charge is -2.13. The predicted octanol–water partition coefficient (Wildman–Crippen LogP) is 2.80. The van der Waals surface area contributed by atoms with Gasteiger partial charge in [0.05, 0.1) is 12.1 Å². The Morgan fingerprint density at radius 1 is 1.16 bits per heavy atom. The number of benzene rings is 1. The number of carbonyl (C=O) groups is 1. The van der Waals surface area contributed by atoms with Crippen LogP contribution >= 0.6 is 0 Å². The van der Waals surface area contributed by atoms with E-state index in [0.717, 1.165) is 12.1 Å². The first-order chi connectivity index (χ1) is 9.24. The van der Waals surface area contributed by atoms with E-state index >= 15 is 0 Å². The summed E-state index contributed by atoms with van der Waals surface area (Å²) in [5, 5.41) is 0. The Balaban J connectivity index is 1.82. The van der Waals surface area contributed by atoms with Crippen LogP contribution in [0.4, 0.5) is 0 Å². The number of nitrogens with zero attached hydrogens (tertiary/aromatic N) is 1. The fraction of sp³-hybridized carbons (Fsp3) is 0.250. The molecule has 0 aliphatic heterocycles. The monoisotopic (exact) mass is 255 g/mol. The Labute approximate surface area is 113 Å². The van der Waals surface area contributed by atoms with Gasteiger partial charge in [-0.25, -0.2) is 0 Å². The summed E-state index contributed by atoms with van der Waals surface area (Å²) in [4.78, 5) is 15.9. The average Bonchev–Trinajstić information content (AvgIpc) is 2.40. The summed E-state index contributed by atoms with van der Waals surface area (Å²) in [6, 6.07) is 15.5. The zero-order chi connectivity index (χ0) is 13.5. The van der Waals surface area contributed by atoms with Crippen molar-refractivity contribution in [2.75, 3.05) is 0 Å². The van der Waals surface area contributed by atoms with E-state index in [1.54, 1.807) is 6.20 Å². The molecule has 1 aromatic heterocycles. The van der Waals surface area contributed by atoms with Gasteiger partial charge in [-0.05, 0) is 24.6 Å². The molecule has 98 valence electrons. The van der Waals surface area contributed by atoms with E-state index in [1.807, 2.05) is 55.5 Å². The number of rotatable bonds is 5. The molecule has 0 fully saturated rings. The molecule has 3 heteroatoms. The van der Waals surface area contributed by atoms with E-state index in [2.05, 4.69) is 4.98 Å². The van der Waals surface area contributed by atoms with E-state index in [-0.39, 0.29) is 18.5 Å². The number of pyridine rings is 1. The molecule has 0 bridgehead atoms. The van der Waals surface area contributed by atoms with Crippen LogP contribution in [0, 0.1) is 0 Å². The third kappa shape index (κ3) is 4.54. The van der Waals surface area contributed by atoms with Crippen LogP contribution in [-0.2, 0) is 22.4 Å². The van der Waals surface area contributed by atoms with Gasteiger partial charge in [-0.2, -0.15) is 0 Å². The van der Waals surface area contributed by atoms with Gasteiger partial charge >= 0.3 is 5.97 Å². The van der Waals surface area contributed by atoms with Crippen LogP contribution in [0.5, 0.6) is 0 Å². The zero-order valence-corrected chi connectivity index (χ0v) is 11.0. The SMILES string of the molecule is CC(Cc1ccccc1)OC(=O)Cc1ccccn1. The smallest absolute Gasteiger partial charge is 0.312 e. The van der Waals surface area contributed by atoms with Crippen molar-refractivity contribution in [2.24, 2.45) is 0 Å². The zero-order valence-electron chi connectivity index (χ0n) is 11.0. The highest BCUT2D eigenvalue weighted by molar-refractivity contribution is 5.72. The van der Waals surface area contributed by atoms with E-state index in [1.165, 1.54) is 5.56 Å². The van der Waals surface area contributed by atoms with Gasteiger partial charge in [0.1, 0.15) is 6.10 Å². The first kappa shape index (κ1) is 13.3. The summed E-state index contributed by atoms with van der Waals surface area (Å²) in [6.45, 7) is 1.91. The summed E-state index contributed by atoms with van der Waals surface area (Å²) in [5.74, 6) is -0.234. The number of aromatic nitrogens is 1. The first-order valence-corrected chi connectivity index (χ1v) is 6.37. The Kier molecular flexibility index (Phi) is 4.67. The highest BCUT2D eigenvalue weighted by Gasteiger charge is 2.11. The quantitative estimate of drug-likeness (QED) is 0.771. The second-order valence-electron chi connectivity index (χ2n) is 4.49. The molecule has 1 atom stereocenters. The van der Waals surface area contributed by atoms with Crippen molar-refractivity contribution in [3.8, 4) is 0 Å². The maximum absolute atomic E-state index is 11.8. The first-order valence-electron chi connectivity index (χ1n) is 6.37. The molecule has 0 N–H and O–H groups in total. The minimum absolute atomic E-state index is 0.126. The maximum Gasteiger partial charge on any atom is 0.312 e. The van der Waals surface area contributed by atoms with Crippen LogP contribution in [0.25, 0.3) is 0 Å². The second kappa shape index (κ2) is 6.69. The van der Waals surface area contributed by atoms with Crippen molar-refractivity contribution < 1.29 is 9.53 Å². The lowest BCUT2D eigenvalue weighted by Crippen LogP contribution is -2.19. The molecular weight excluding hydrogens is 238 g/mol. The molecule has 0 aliphatic carbocycles. The van der Waals surface area contributed by atoms with Crippen molar-refractivity contribution in [1.82, 2.24) is 4.98 Å². The Morgan fingerprint density at radius 3 is 2.58 bits per heavy atom. The highest BCUT2D eigenvalue weighted by Crippen LogP contribution is 2.07. The van der Waals surface area contributed by atoms with Crippen LogP contribution in [0.15, 0.2) is 54.7 Å². The second-order valence-corrected chi connectivity index (χ2v) is 4.49. The molecule has 1 unspecified atom stereocenters. The Bertz CT molecular complexity index is 511. The van der Waals surface area contributed by atoms with Crippen LogP contribution in [0.3, 0.4) is 0 Å². The van der Waals surface area contributed by atoms with Gasteiger partial charge in [0.25, 0.3) is 0 Å². The third-order valence-corrected chi connectivity index (χ3v) is 2.75. The number of esters is 1. The molecule has 0 saturated heterocycles. The molecule has 0 amide bonds. The highest BCUT2D eigenvalue weighted by atomic mass is 16.5. The minimum atomic E-state index is -0.234. The predicted molar refractivity (Wildman–Crippen MR) is 73.6 cm³/mol. The van der Waals surface area contributed by atoms with Crippen molar-refractivity contribution in [3.05, 3.63) is 66.0 Å². The minimum Gasteiger partial charge on any atom is -0.462 e. The van der Waals surface area contributed by atoms with Crippen LogP contribution in [0.2, 0.25) is 0 Å². The summed E-state index contributed by atoms with van der Waals surface area (Å²) in [5.41, 5.74) is 1.90. The van der Waals surface area contributed by atoms with Crippen molar-refractivity contribution >= 4 is 5.97 Å². The number of ether oxygens (including phenoxy) is 1. The third-order valence-electron chi connectivity index (χ3n) is 2.75. The summed E-state index contributed by atoms with van der Waals surface area (Å²) < 4.78 is 5.38. The normalized spacial score (nSPS) is 11.8. The molecule has 0 radical (unpaired) electrons. The number of hydrogen-bond acceptors (Lipinski definition) is 3. The average molecular weight is 255 g/mol. The van der Waals surface area contributed by atoms with E-state index < -0.39 is 0 Å². The Hall–Kier alpha value is -2.16. The molecule has 2 rings (SSSR count). The Morgan fingerprint density at radius 2 is 1.89 bits per heavy atom. The van der Waals surface area contributed by atoms with Gasteiger partial charge in [-0.15, -0.1) is 0 Å². The molecule has 0 spiro atoms. The maximum atomic E-state index is 11.8. The van der Waals surface area contributed by atoms with Crippen molar-refractivity contribution in [3.63, 3.8) is 0 Å². The molecule has 3 nitrogen and oxygen atoms in total. The van der Waals surface area contributed by atoms with Crippen LogP contribution in [0.1, 0.15) is 18.2 Å². The summed E-state index contributed by atoms with van der Waals surface area (Å²) in [7, 11) is 0. The van der Waals surface area contributed by atoms with Gasteiger partial charge in [-0.1, -0.05) is 36.4 Å². The summed E-state index contributed by atoms with van der Waals surface area (Å²) >= 11 is 0. The molecule has 2 aromatic rings. The van der Waals surface area contributed by atoms with E-state index in [4.69, 9.17) is 4.74 Å². The van der Waals surface area contributed by atoms with Crippen LogP contribution in [-0.4, -0.2) is 17.1 Å². The standard InChI is InChI=1S/C16H17NO2/c1-13(11-14-7-3-2-4-8-14)19-16(18)12-15-9-5-6-10-17-15/h2-10,13H,11-12H2,1H3. The fourth-order valence-electron chi connectivity index (χ4n) is 1.90. The molecule has 1 heterocycles. The lowest BCUT2D eigenvalue weighted by molar-refractivity contribution is -0.147. The lowest BCUT2D eigenvalue weighted by atomic mass is 10.1. The fourth-order valence-corrected chi connectivity index (χ4v) is 1.90. The molecular formula is C16H17NO2. The van der Waals surface area contributed by atoms with E-state index in [9.17, 15) is 4.79 Å². The topological polar surface area (TPSA) is 39.2 Å². The van der Waals surface area contributed by atoms with Crippen LogP contribution < -0.4 is 0 Å². The summed E-state index contributed by atoms with van der Waals surface area (Å²) in [6.07, 6.45) is 2.50.